The lowest BCUT2D eigenvalue weighted by Gasteiger charge is -2.27. The summed E-state index contributed by atoms with van der Waals surface area (Å²) in [6.45, 7) is 0. The minimum Gasteiger partial charge on any atom is -0.508 e. The number of hydrogen-bond donors (Lipinski definition) is 3. The highest BCUT2D eigenvalue weighted by molar-refractivity contribution is 7.71. The predicted octanol–water partition coefficient (Wildman–Crippen LogP) is 3.84. The van der Waals surface area contributed by atoms with Crippen LogP contribution in [0, 0.1) is 4.64 Å². The van der Waals surface area contributed by atoms with Gasteiger partial charge in [-0.05, 0) is 23.8 Å². The number of nitrogens with one attached hydrogen (secondary N) is 1. The number of aromatic hydroxyl groups is 2. The van der Waals surface area contributed by atoms with Crippen LogP contribution in [-0.2, 0) is 0 Å². The van der Waals surface area contributed by atoms with E-state index in [1.165, 1.54) is 6.33 Å². The fourth-order valence-electron chi connectivity index (χ4n) is 2.86. The second-order valence-corrected chi connectivity index (χ2v) is 5.69. The number of phenolic OH excluding ortho intramolecular Hbond substituents is 2. The molecule has 0 saturated heterocycles. The van der Waals surface area contributed by atoms with Crippen molar-refractivity contribution in [1.29, 1.82) is 0 Å². The normalized spacial score (nSPS) is 15.4. The van der Waals surface area contributed by atoms with Gasteiger partial charge in [-0.15, -0.1) is 0 Å². The number of H-pyrrole nitrogens is 1. The lowest BCUT2D eigenvalue weighted by Crippen LogP contribution is -2.13. The highest BCUT2D eigenvalue weighted by Crippen LogP contribution is 2.47. The molecule has 1 aliphatic rings. The lowest BCUT2D eigenvalue weighted by atomic mass is 9.84. The van der Waals surface area contributed by atoms with E-state index >= 15 is 0 Å². The third kappa shape index (κ3) is 2.24. The molecule has 6 heteroatoms. The number of phenols is 2. The Morgan fingerprint density at radius 3 is 2.57 bits per heavy atom. The van der Waals surface area contributed by atoms with Crippen molar-refractivity contribution in [3.8, 4) is 23.1 Å². The zero-order chi connectivity index (χ0) is 16.0. The van der Waals surface area contributed by atoms with E-state index in [-0.39, 0.29) is 17.4 Å². The van der Waals surface area contributed by atoms with Gasteiger partial charge in [0.15, 0.2) is 0 Å². The molecule has 0 radical (unpaired) electrons. The summed E-state index contributed by atoms with van der Waals surface area (Å²) in [4.78, 5) is 7.13. The average Bonchev–Trinajstić information content (AvgIpc) is 2.54. The zero-order valence-electron chi connectivity index (χ0n) is 11.9. The fourth-order valence-corrected chi connectivity index (χ4v) is 3.12. The van der Waals surface area contributed by atoms with Gasteiger partial charge < -0.3 is 19.9 Å². The Balaban J connectivity index is 2.00. The van der Waals surface area contributed by atoms with Gasteiger partial charge >= 0.3 is 0 Å². The second kappa shape index (κ2) is 5.10. The minimum atomic E-state index is -0.188. The average molecular weight is 324 g/mol. The van der Waals surface area contributed by atoms with E-state index in [9.17, 15) is 10.2 Å². The molecule has 0 saturated carbocycles. The molecule has 1 aromatic heterocycles. The van der Waals surface area contributed by atoms with Crippen LogP contribution in [0.15, 0.2) is 48.8 Å². The van der Waals surface area contributed by atoms with Gasteiger partial charge in [-0.25, -0.2) is 4.98 Å². The summed E-state index contributed by atoms with van der Waals surface area (Å²) in [6, 6.07) is 11.9. The number of nitrogens with zero attached hydrogens (tertiary/aromatic N) is 1. The molecule has 0 aliphatic carbocycles. The van der Waals surface area contributed by atoms with Gasteiger partial charge in [0.05, 0.1) is 11.9 Å². The smallest absolute Gasteiger partial charge is 0.205 e. The molecule has 2 aromatic carbocycles. The summed E-state index contributed by atoms with van der Waals surface area (Å²) < 4.78 is 6.30. The van der Waals surface area contributed by atoms with Crippen LogP contribution in [-0.4, -0.2) is 20.2 Å². The molecule has 3 aromatic rings. The third-order valence-corrected chi connectivity index (χ3v) is 4.21. The van der Waals surface area contributed by atoms with E-state index < -0.39 is 0 Å². The molecule has 2 heterocycles. The van der Waals surface area contributed by atoms with Gasteiger partial charge in [0.25, 0.3) is 0 Å². The topological polar surface area (TPSA) is 78.4 Å². The first-order valence-corrected chi connectivity index (χ1v) is 7.41. The summed E-state index contributed by atoms with van der Waals surface area (Å²) in [5.41, 5.74) is 2.60. The number of fused-ring (bicyclic) bond motifs is 2. The maximum Gasteiger partial charge on any atom is 0.205 e. The largest absolute Gasteiger partial charge is 0.508 e. The number of aromatic nitrogens is 2. The van der Waals surface area contributed by atoms with Crippen LogP contribution in [0.2, 0.25) is 0 Å². The summed E-state index contributed by atoms with van der Waals surface area (Å²) in [5, 5.41) is 19.3. The standard InChI is InChI=1S/C17H12N2O3S/c20-10-3-1-9(2-4-10)14-12-6-5-11(21)7-13(12)22-16-15(14)17(23)19-8-18-16/h1-8,14,20-21H,(H,18,19,23). The van der Waals surface area contributed by atoms with E-state index in [0.29, 0.717) is 16.3 Å². The Hall–Kier alpha value is -2.86. The van der Waals surface area contributed by atoms with Gasteiger partial charge in [0, 0.05) is 17.5 Å². The number of hydrogen-bond acceptors (Lipinski definition) is 5. The number of ether oxygens (including phenoxy) is 1. The molecule has 0 spiro atoms. The Bertz CT molecular complexity index is 951. The van der Waals surface area contributed by atoms with E-state index in [1.807, 2.05) is 18.2 Å². The van der Waals surface area contributed by atoms with Gasteiger partial charge in [-0.2, -0.15) is 0 Å². The molecule has 23 heavy (non-hydrogen) atoms. The van der Waals surface area contributed by atoms with Crippen LogP contribution in [0.1, 0.15) is 22.6 Å². The maximum atomic E-state index is 9.73. The number of rotatable bonds is 1. The van der Waals surface area contributed by atoms with Gasteiger partial charge in [0.1, 0.15) is 21.9 Å². The molecule has 4 rings (SSSR count). The van der Waals surface area contributed by atoms with Crippen molar-refractivity contribution in [2.75, 3.05) is 0 Å². The molecule has 0 fully saturated rings. The highest BCUT2D eigenvalue weighted by Gasteiger charge is 2.31. The van der Waals surface area contributed by atoms with Crippen molar-refractivity contribution in [3.63, 3.8) is 0 Å². The molecule has 0 amide bonds. The molecule has 1 unspecified atom stereocenters. The number of aromatic amines is 1. The van der Waals surface area contributed by atoms with E-state index in [2.05, 4.69) is 9.97 Å². The molecular weight excluding hydrogens is 312 g/mol. The molecule has 5 nitrogen and oxygen atoms in total. The summed E-state index contributed by atoms with van der Waals surface area (Å²) in [6.07, 6.45) is 1.49. The second-order valence-electron chi connectivity index (χ2n) is 5.30. The van der Waals surface area contributed by atoms with Crippen molar-refractivity contribution >= 4 is 12.2 Å². The van der Waals surface area contributed by atoms with E-state index in [1.54, 1.807) is 24.3 Å². The van der Waals surface area contributed by atoms with Crippen molar-refractivity contribution in [2.45, 2.75) is 5.92 Å². The van der Waals surface area contributed by atoms with Gasteiger partial charge in [0.2, 0.25) is 5.88 Å². The minimum absolute atomic E-state index is 0.129. The SMILES string of the molecule is Oc1ccc(C2c3ccc(O)cc3Oc3[nH]cnc(=S)c32)cc1. The van der Waals surface area contributed by atoms with Crippen LogP contribution in [0.25, 0.3) is 0 Å². The zero-order valence-corrected chi connectivity index (χ0v) is 12.7. The van der Waals surface area contributed by atoms with Crippen molar-refractivity contribution in [1.82, 2.24) is 9.97 Å². The fraction of sp³-hybridized carbons (Fsp3) is 0.0588. The van der Waals surface area contributed by atoms with Crippen LogP contribution in [0.3, 0.4) is 0 Å². The van der Waals surface area contributed by atoms with Crippen molar-refractivity contribution < 1.29 is 14.9 Å². The number of benzene rings is 2. The van der Waals surface area contributed by atoms with E-state index in [0.717, 1.165) is 16.7 Å². The van der Waals surface area contributed by atoms with Gasteiger partial charge in [-0.1, -0.05) is 30.4 Å². The Morgan fingerprint density at radius 1 is 1.04 bits per heavy atom. The Kier molecular flexibility index (Phi) is 3.06. The summed E-state index contributed by atoms with van der Waals surface area (Å²) in [7, 11) is 0. The monoisotopic (exact) mass is 324 g/mol. The first kappa shape index (κ1) is 13.8. The van der Waals surface area contributed by atoms with Gasteiger partial charge in [-0.3, -0.25) is 0 Å². The molecule has 0 bridgehead atoms. The van der Waals surface area contributed by atoms with E-state index in [4.69, 9.17) is 17.0 Å². The first-order valence-electron chi connectivity index (χ1n) is 7.01. The quantitative estimate of drug-likeness (QED) is 0.464. The van der Waals surface area contributed by atoms with Crippen LogP contribution in [0.4, 0.5) is 0 Å². The molecule has 114 valence electrons. The first-order chi connectivity index (χ1) is 11.1. The third-order valence-electron chi connectivity index (χ3n) is 3.89. The lowest BCUT2D eigenvalue weighted by molar-refractivity contribution is 0.421. The molecule has 1 aliphatic heterocycles. The summed E-state index contributed by atoms with van der Waals surface area (Å²) >= 11 is 5.39. The summed E-state index contributed by atoms with van der Waals surface area (Å²) in [5.74, 6) is 1.22. The highest BCUT2D eigenvalue weighted by atomic mass is 32.1. The molecule has 3 N–H and O–H groups in total. The Labute approximate surface area is 136 Å². The van der Waals surface area contributed by atoms with Crippen LogP contribution in [0.5, 0.6) is 23.1 Å². The van der Waals surface area contributed by atoms with Crippen molar-refractivity contribution in [3.05, 3.63) is 70.1 Å². The van der Waals surface area contributed by atoms with Crippen molar-refractivity contribution in [2.24, 2.45) is 0 Å². The van der Waals surface area contributed by atoms with Crippen LogP contribution >= 0.6 is 12.2 Å². The molecular formula is C17H12N2O3S. The Morgan fingerprint density at radius 2 is 1.78 bits per heavy atom. The van der Waals surface area contributed by atoms with Crippen LogP contribution < -0.4 is 4.74 Å². The predicted molar refractivity (Wildman–Crippen MR) is 86.7 cm³/mol. The maximum absolute atomic E-state index is 9.73. The molecule has 1 atom stereocenters.